The summed E-state index contributed by atoms with van der Waals surface area (Å²) in [5.74, 6) is 1.17. The Labute approximate surface area is 112 Å². The van der Waals surface area contributed by atoms with E-state index in [9.17, 15) is 9.90 Å². The van der Waals surface area contributed by atoms with E-state index in [-0.39, 0.29) is 5.78 Å². The summed E-state index contributed by atoms with van der Waals surface area (Å²) in [7, 11) is 1.61. The highest BCUT2D eigenvalue weighted by atomic mass is 16.5. The van der Waals surface area contributed by atoms with Crippen molar-refractivity contribution in [1.82, 2.24) is 0 Å². The number of Topliss-reactive ketones (excluding diaryl/α,β-unsaturated/α-hetero) is 1. The fraction of sp³-hybridized carbons (Fsp3) is 0.562. The lowest BCUT2D eigenvalue weighted by molar-refractivity contribution is -0.0478. The summed E-state index contributed by atoms with van der Waals surface area (Å²) in [5, 5.41) is 11.3. The van der Waals surface area contributed by atoms with Gasteiger partial charge in [0.25, 0.3) is 0 Å². The summed E-state index contributed by atoms with van der Waals surface area (Å²) in [6.45, 7) is 0. The van der Waals surface area contributed by atoms with Gasteiger partial charge in [-0.1, -0.05) is 18.6 Å². The number of carbonyl (C=O) groups is 1. The molecule has 1 N–H and O–H groups in total. The molecule has 19 heavy (non-hydrogen) atoms. The van der Waals surface area contributed by atoms with Crippen LogP contribution in [0.5, 0.6) is 5.75 Å². The van der Waals surface area contributed by atoms with Crippen LogP contribution in [0.2, 0.25) is 0 Å². The number of hydrogen-bond donors (Lipinski definition) is 1. The van der Waals surface area contributed by atoms with Crippen LogP contribution >= 0.6 is 0 Å². The number of hydrogen-bond acceptors (Lipinski definition) is 3. The molecule has 1 aromatic rings. The topological polar surface area (TPSA) is 46.5 Å². The van der Waals surface area contributed by atoms with Crippen molar-refractivity contribution >= 4 is 5.78 Å². The molecule has 3 aliphatic carbocycles. The second-order valence-electron chi connectivity index (χ2n) is 6.17. The van der Waals surface area contributed by atoms with Crippen molar-refractivity contribution in [3.05, 3.63) is 29.3 Å². The average molecular weight is 258 g/mol. The van der Waals surface area contributed by atoms with E-state index in [1.165, 1.54) is 0 Å². The van der Waals surface area contributed by atoms with Gasteiger partial charge in [-0.15, -0.1) is 0 Å². The Bertz CT molecular complexity index is 579. The van der Waals surface area contributed by atoms with Gasteiger partial charge in [-0.3, -0.25) is 4.79 Å². The maximum Gasteiger partial charge on any atom is 0.173 e. The van der Waals surface area contributed by atoms with E-state index in [0.29, 0.717) is 23.7 Å². The molecule has 3 nitrogen and oxygen atoms in total. The highest BCUT2D eigenvalue weighted by Crippen LogP contribution is 2.69. The van der Waals surface area contributed by atoms with Gasteiger partial charge in [0, 0.05) is 11.1 Å². The monoisotopic (exact) mass is 258 g/mol. The van der Waals surface area contributed by atoms with Crippen LogP contribution in [0.3, 0.4) is 0 Å². The van der Waals surface area contributed by atoms with Crippen LogP contribution in [0.4, 0.5) is 0 Å². The van der Waals surface area contributed by atoms with E-state index in [1.807, 2.05) is 18.2 Å². The van der Waals surface area contributed by atoms with E-state index < -0.39 is 11.0 Å². The lowest BCUT2D eigenvalue weighted by Crippen LogP contribution is -2.42. The molecule has 4 rings (SSSR count). The molecular formula is C16H18O3. The van der Waals surface area contributed by atoms with Crippen molar-refractivity contribution in [1.29, 1.82) is 0 Å². The van der Waals surface area contributed by atoms with Crippen molar-refractivity contribution in [2.24, 2.45) is 11.3 Å². The van der Waals surface area contributed by atoms with E-state index in [4.69, 9.17) is 4.74 Å². The number of fused-ring (bicyclic) bond motifs is 2. The molecule has 0 amide bonds. The Morgan fingerprint density at radius 1 is 1.32 bits per heavy atom. The van der Waals surface area contributed by atoms with E-state index in [1.54, 1.807) is 7.11 Å². The molecule has 2 fully saturated rings. The van der Waals surface area contributed by atoms with Crippen molar-refractivity contribution < 1.29 is 14.6 Å². The molecular weight excluding hydrogens is 240 g/mol. The zero-order valence-corrected chi connectivity index (χ0v) is 11.1. The average Bonchev–Trinajstić information content (AvgIpc) is 3.02. The van der Waals surface area contributed by atoms with Gasteiger partial charge >= 0.3 is 0 Å². The molecule has 3 heteroatoms. The standard InChI is InChI=1S/C16H18O3/c1-19-12-6-2-5-11-13(12)16(18)9-7-10-4-3-8-15(10,16)14(11)17/h2,5-6,10,18H,3-4,7-9H2,1H3/t10-,15-,16-/m1/s1. The molecule has 0 heterocycles. The predicted octanol–water partition coefficient (Wildman–Crippen LogP) is 2.66. The fourth-order valence-corrected chi connectivity index (χ4v) is 5.01. The fourth-order valence-electron chi connectivity index (χ4n) is 5.01. The molecule has 0 radical (unpaired) electrons. The second-order valence-corrected chi connectivity index (χ2v) is 6.17. The first-order valence-corrected chi connectivity index (χ1v) is 7.10. The highest BCUT2D eigenvalue weighted by Gasteiger charge is 2.71. The van der Waals surface area contributed by atoms with E-state index >= 15 is 0 Å². The highest BCUT2D eigenvalue weighted by molar-refractivity contribution is 6.08. The van der Waals surface area contributed by atoms with Crippen molar-refractivity contribution in [3.8, 4) is 5.75 Å². The normalized spacial score (nSPS) is 39.1. The number of ketones is 1. The molecule has 0 bridgehead atoms. The van der Waals surface area contributed by atoms with Gasteiger partial charge in [0.15, 0.2) is 5.78 Å². The Morgan fingerprint density at radius 2 is 2.16 bits per heavy atom. The third kappa shape index (κ3) is 1.04. The number of benzene rings is 1. The minimum atomic E-state index is -0.993. The number of carbonyl (C=O) groups excluding carboxylic acids is 1. The lowest BCUT2D eigenvalue weighted by Gasteiger charge is -2.35. The van der Waals surface area contributed by atoms with Crippen LogP contribution in [0.25, 0.3) is 0 Å². The first-order valence-electron chi connectivity index (χ1n) is 7.10. The second kappa shape index (κ2) is 3.40. The van der Waals surface area contributed by atoms with Crippen molar-refractivity contribution in [2.75, 3.05) is 7.11 Å². The molecule has 100 valence electrons. The molecule has 0 saturated heterocycles. The largest absolute Gasteiger partial charge is 0.496 e. The summed E-state index contributed by atoms with van der Waals surface area (Å²) >= 11 is 0. The Morgan fingerprint density at radius 3 is 2.95 bits per heavy atom. The molecule has 3 atom stereocenters. The summed E-state index contributed by atoms with van der Waals surface area (Å²) in [6, 6.07) is 5.55. The zero-order chi connectivity index (χ0) is 13.3. The molecule has 2 saturated carbocycles. The first-order chi connectivity index (χ1) is 9.15. The minimum absolute atomic E-state index is 0.156. The number of rotatable bonds is 1. The van der Waals surface area contributed by atoms with Crippen LogP contribution in [-0.2, 0) is 5.60 Å². The third-order valence-electron chi connectivity index (χ3n) is 5.72. The van der Waals surface area contributed by atoms with Crippen LogP contribution < -0.4 is 4.74 Å². The SMILES string of the molecule is COc1cccc2c1[C@]1(O)CC[C@H]3CCC[C@]31C2=O. The third-order valence-corrected chi connectivity index (χ3v) is 5.72. The molecule has 1 aromatic carbocycles. The van der Waals surface area contributed by atoms with Crippen LogP contribution in [0.15, 0.2) is 18.2 Å². The van der Waals surface area contributed by atoms with Gasteiger partial charge < -0.3 is 9.84 Å². The molecule has 0 aromatic heterocycles. The molecule has 0 aliphatic heterocycles. The van der Waals surface area contributed by atoms with E-state index in [2.05, 4.69) is 0 Å². The van der Waals surface area contributed by atoms with Crippen LogP contribution in [0.1, 0.15) is 48.0 Å². The zero-order valence-electron chi connectivity index (χ0n) is 11.1. The van der Waals surface area contributed by atoms with Crippen molar-refractivity contribution in [2.45, 2.75) is 37.7 Å². The van der Waals surface area contributed by atoms with Crippen molar-refractivity contribution in [3.63, 3.8) is 0 Å². The van der Waals surface area contributed by atoms with E-state index in [0.717, 1.165) is 31.2 Å². The number of methoxy groups -OCH3 is 1. The van der Waals surface area contributed by atoms with Crippen LogP contribution in [0, 0.1) is 11.3 Å². The molecule has 3 aliphatic rings. The summed E-state index contributed by atoms with van der Waals surface area (Å²) in [4.78, 5) is 12.9. The van der Waals surface area contributed by atoms with Gasteiger partial charge in [0.1, 0.15) is 11.4 Å². The molecule has 1 spiro atoms. The molecule has 0 unspecified atom stereocenters. The summed E-state index contributed by atoms with van der Waals surface area (Å²) < 4.78 is 5.41. The Kier molecular flexibility index (Phi) is 2.05. The first kappa shape index (κ1) is 11.5. The number of aliphatic hydroxyl groups is 1. The van der Waals surface area contributed by atoms with Gasteiger partial charge in [-0.2, -0.15) is 0 Å². The van der Waals surface area contributed by atoms with Gasteiger partial charge in [-0.25, -0.2) is 0 Å². The quantitative estimate of drug-likeness (QED) is 0.842. The Balaban J connectivity index is 2.03. The summed E-state index contributed by atoms with van der Waals surface area (Å²) in [5.41, 5.74) is -0.0997. The van der Waals surface area contributed by atoms with Gasteiger partial charge in [-0.05, 0) is 37.7 Å². The Hall–Kier alpha value is -1.35. The maximum atomic E-state index is 12.9. The van der Waals surface area contributed by atoms with Gasteiger partial charge in [0.05, 0.1) is 12.5 Å². The lowest BCUT2D eigenvalue weighted by atomic mass is 9.70. The van der Waals surface area contributed by atoms with Crippen LogP contribution in [-0.4, -0.2) is 18.0 Å². The predicted molar refractivity (Wildman–Crippen MR) is 70.2 cm³/mol. The summed E-state index contributed by atoms with van der Waals surface area (Å²) in [6.07, 6.45) is 4.60. The maximum absolute atomic E-state index is 12.9. The van der Waals surface area contributed by atoms with Gasteiger partial charge in [0.2, 0.25) is 0 Å². The minimum Gasteiger partial charge on any atom is -0.496 e. The number of ether oxygens (including phenoxy) is 1. The smallest absolute Gasteiger partial charge is 0.173 e.